The molecule has 1 aromatic heterocycles. The molecule has 6 nitrogen and oxygen atoms in total. The number of aromatic nitrogens is 1. The van der Waals surface area contributed by atoms with Gasteiger partial charge in [0.1, 0.15) is 11.6 Å². The van der Waals surface area contributed by atoms with Gasteiger partial charge in [-0.1, -0.05) is 24.3 Å². The number of benzene rings is 1. The molecule has 1 unspecified atom stereocenters. The number of ether oxygens (including phenoxy) is 2. The molecule has 1 aromatic carbocycles. The highest BCUT2D eigenvalue weighted by Crippen LogP contribution is 2.18. The lowest BCUT2D eigenvalue weighted by Crippen LogP contribution is -2.39. The smallest absolute Gasteiger partial charge is 0.261 e. The van der Waals surface area contributed by atoms with Gasteiger partial charge in [0.15, 0.2) is 6.10 Å². The molecule has 0 spiro atoms. The fourth-order valence-corrected chi connectivity index (χ4v) is 2.71. The van der Waals surface area contributed by atoms with Crippen molar-refractivity contribution in [3.8, 4) is 5.75 Å². The van der Waals surface area contributed by atoms with Crippen molar-refractivity contribution in [3.05, 3.63) is 54.2 Å². The minimum atomic E-state index is -0.564. The van der Waals surface area contributed by atoms with Gasteiger partial charge in [-0.05, 0) is 25.1 Å². The zero-order chi connectivity index (χ0) is 17.5. The number of amides is 1. The Morgan fingerprint density at radius 2 is 2.00 bits per heavy atom. The van der Waals surface area contributed by atoms with E-state index in [4.69, 9.17) is 9.47 Å². The lowest BCUT2D eigenvalue weighted by molar-refractivity contribution is -0.127. The molecule has 0 aliphatic carbocycles. The van der Waals surface area contributed by atoms with Crippen molar-refractivity contribution in [2.24, 2.45) is 0 Å². The molecule has 3 rings (SSSR count). The van der Waals surface area contributed by atoms with Crippen LogP contribution < -0.4 is 15.0 Å². The second-order valence-electron chi connectivity index (χ2n) is 5.88. The van der Waals surface area contributed by atoms with E-state index in [1.165, 1.54) is 0 Å². The summed E-state index contributed by atoms with van der Waals surface area (Å²) in [4.78, 5) is 19.0. The summed E-state index contributed by atoms with van der Waals surface area (Å²) in [6.07, 6.45) is 1.21. The van der Waals surface area contributed by atoms with Gasteiger partial charge < -0.3 is 19.7 Å². The van der Waals surface area contributed by atoms with E-state index in [9.17, 15) is 4.79 Å². The number of anilines is 1. The Bertz CT molecular complexity index is 687. The molecule has 1 N–H and O–H groups in total. The molecule has 0 saturated carbocycles. The Morgan fingerprint density at radius 1 is 1.24 bits per heavy atom. The predicted molar refractivity (Wildman–Crippen MR) is 95.6 cm³/mol. The molecule has 0 bridgehead atoms. The van der Waals surface area contributed by atoms with E-state index in [1.54, 1.807) is 13.1 Å². The van der Waals surface area contributed by atoms with Crippen LogP contribution in [0.15, 0.2) is 48.7 Å². The Morgan fingerprint density at radius 3 is 2.76 bits per heavy atom. The number of para-hydroxylation sites is 1. The lowest BCUT2D eigenvalue weighted by Gasteiger charge is -2.29. The third-order valence-corrected chi connectivity index (χ3v) is 4.06. The number of nitrogens with zero attached hydrogens (tertiary/aromatic N) is 2. The van der Waals surface area contributed by atoms with Crippen LogP contribution in [0.2, 0.25) is 0 Å². The van der Waals surface area contributed by atoms with Crippen LogP contribution >= 0.6 is 0 Å². The first-order valence-corrected chi connectivity index (χ1v) is 8.50. The van der Waals surface area contributed by atoms with E-state index in [1.807, 2.05) is 42.5 Å². The highest BCUT2D eigenvalue weighted by Gasteiger charge is 2.18. The summed E-state index contributed by atoms with van der Waals surface area (Å²) in [5.41, 5.74) is 0.990. The molecule has 1 aliphatic heterocycles. The number of hydrogen-bond donors (Lipinski definition) is 1. The summed E-state index contributed by atoms with van der Waals surface area (Å²) in [6.45, 7) is 5.18. The van der Waals surface area contributed by atoms with Crippen molar-refractivity contribution in [2.75, 3.05) is 31.2 Å². The molecule has 1 saturated heterocycles. The van der Waals surface area contributed by atoms with E-state index in [0.29, 0.717) is 25.5 Å². The minimum absolute atomic E-state index is 0.152. The normalized spacial score (nSPS) is 15.5. The number of rotatable bonds is 6. The number of hydrogen-bond acceptors (Lipinski definition) is 5. The monoisotopic (exact) mass is 341 g/mol. The lowest BCUT2D eigenvalue weighted by atomic mass is 10.2. The van der Waals surface area contributed by atoms with E-state index < -0.39 is 6.10 Å². The maximum atomic E-state index is 12.3. The molecule has 6 heteroatoms. The van der Waals surface area contributed by atoms with Gasteiger partial charge in [0.05, 0.1) is 13.2 Å². The standard InChI is InChI=1S/C19H23N3O3/c1-15(25-17-7-3-2-4-8-17)19(23)21-14-16-6-5-9-20-18(16)22-10-12-24-13-11-22/h2-9,15H,10-14H2,1H3,(H,21,23). The Kier molecular flexibility index (Phi) is 5.85. The average molecular weight is 341 g/mol. The Balaban J connectivity index is 1.58. The first-order valence-electron chi connectivity index (χ1n) is 8.50. The van der Waals surface area contributed by atoms with Crippen LogP contribution in [0.1, 0.15) is 12.5 Å². The average Bonchev–Trinajstić information content (AvgIpc) is 2.68. The van der Waals surface area contributed by atoms with Crippen molar-refractivity contribution in [1.29, 1.82) is 0 Å². The van der Waals surface area contributed by atoms with Gasteiger partial charge in [-0.2, -0.15) is 0 Å². The molecule has 0 radical (unpaired) electrons. The van der Waals surface area contributed by atoms with Gasteiger partial charge in [0.25, 0.3) is 5.91 Å². The SMILES string of the molecule is CC(Oc1ccccc1)C(=O)NCc1cccnc1N1CCOCC1. The molecule has 132 valence electrons. The topological polar surface area (TPSA) is 63.7 Å². The number of carbonyl (C=O) groups excluding carboxylic acids is 1. The summed E-state index contributed by atoms with van der Waals surface area (Å²) in [5.74, 6) is 1.43. The van der Waals surface area contributed by atoms with Gasteiger partial charge in [-0.25, -0.2) is 4.98 Å². The maximum Gasteiger partial charge on any atom is 0.261 e. The van der Waals surface area contributed by atoms with Crippen LogP contribution in [0, 0.1) is 0 Å². The highest BCUT2D eigenvalue weighted by molar-refractivity contribution is 5.80. The fourth-order valence-electron chi connectivity index (χ4n) is 2.71. The van der Waals surface area contributed by atoms with Gasteiger partial charge >= 0.3 is 0 Å². The fraction of sp³-hybridized carbons (Fsp3) is 0.368. The molecule has 1 amide bonds. The van der Waals surface area contributed by atoms with Crippen LogP contribution in [-0.2, 0) is 16.1 Å². The largest absolute Gasteiger partial charge is 0.481 e. The minimum Gasteiger partial charge on any atom is -0.481 e. The molecular formula is C19H23N3O3. The molecular weight excluding hydrogens is 318 g/mol. The molecule has 2 aromatic rings. The summed E-state index contributed by atoms with van der Waals surface area (Å²) in [5, 5.41) is 2.94. The first-order chi connectivity index (χ1) is 12.2. The van der Waals surface area contributed by atoms with E-state index in [2.05, 4.69) is 15.2 Å². The second kappa shape index (κ2) is 8.48. The van der Waals surface area contributed by atoms with Crippen LogP contribution in [0.4, 0.5) is 5.82 Å². The van der Waals surface area contributed by atoms with Crippen LogP contribution in [0.5, 0.6) is 5.75 Å². The quantitative estimate of drug-likeness (QED) is 0.871. The summed E-state index contributed by atoms with van der Waals surface area (Å²) in [6, 6.07) is 13.2. The third-order valence-electron chi connectivity index (χ3n) is 4.06. The number of carbonyl (C=O) groups is 1. The zero-order valence-electron chi connectivity index (χ0n) is 14.4. The van der Waals surface area contributed by atoms with Crippen molar-refractivity contribution >= 4 is 11.7 Å². The van der Waals surface area contributed by atoms with Crippen LogP contribution in [-0.4, -0.2) is 43.3 Å². The number of morpholine rings is 1. The molecule has 1 fully saturated rings. The van der Waals surface area contributed by atoms with E-state index in [0.717, 1.165) is 24.5 Å². The van der Waals surface area contributed by atoms with Crippen LogP contribution in [0.25, 0.3) is 0 Å². The zero-order valence-corrected chi connectivity index (χ0v) is 14.4. The molecule has 2 heterocycles. The number of nitrogens with one attached hydrogen (secondary N) is 1. The highest BCUT2D eigenvalue weighted by atomic mass is 16.5. The second-order valence-corrected chi connectivity index (χ2v) is 5.88. The van der Waals surface area contributed by atoms with Gasteiger partial charge in [0, 0.05) is 31.4 Å². The van der Waals surface area contributed by atoms with Crippen molar-refractivity contribution in [2.45, 2.75) is 19.6 Å². The Labute approximate surface area is 147 Å². The van der Waals surface area contributed by atoms with Crippen LogP contribution in [0.3, 0.4) is 0 Å². The molecule has 1 aliphatic rings. The summed E-state index contributed by atoms with van der Waals surface area (Å²) >= 11 is 0. The molecule has 25 heavy (non-hydrogen) atoms. The van der Waals surface area contributed by atoms with Crippen molar-refractivity contribution in [3.63, 3.8) is 0 Å². The first kappa shape index (κ1) is 17.2. The van der Waals surface area contributed by atoms with Gasteiger partial charge in [-0.3, -0.25) is 4.79 Å². The predicted octanol–water partition coefficient (Wildman–Crippen LogP) is 2.00. The van der Waals surface area contributed by atoms with E-state index in [-0.39, 0.29) is 5.91 Å². The Hall–Kier alpha value is -2.60. The summed E-state index contributed by atoms with van der Waals surface area (Å²) < 4.78 is 11.0. The molecule has 1 atom stereocenters. The van der Waals surface area contributed by atoms with Gasteiger partial charge in [-0.15, -0.1) is 0 Å². The maximum absolute atomic E-state index is 12.3. The number of pyridine rings is 1. The van der Waals surface area contributed by atoms with Crippen molar-refractivity contribution in [1.82, 2.24) is 10.3 Å². The van der Waals surface area contributed by atoms with Gasteiger partial charge in [0.2, 0.25) is 0 Å². The van der Waals surface area contributed by atoms with E-state index >= 15 is 0 Å². The third kappa shape index (κ3) is 4.70. The van der Waals surface area contributed by atoms with Crippen molar-refractivity contribution < 1.29 is 14.3 Å². The summed E-state index contributed by atoms with van der Waals surface area (Å²) in [7, 11) is 0.